The molecule has 2 rings (SSSR count). The summed E-state index contributed by atoms with van der Waals surface area (Å²) >= 11 is 3.46. The first-order chi connectivity index (χ1) is 10.2. The summed E-state index contributed by atoms with van der Waals surface area (Å²) in [7, 11) is 0. The van der Waals surface area contributed by atoms with Gasteiger partial charge in [-0.25, -0.2) is 0 Å². The maximum Gasteiger partial charge on any atom is 0.166 e. The van der Waals surface area contributed by atoms with Gasteiger partial charge in [-0.15, -0.1) is 0 Å². The fraction of sp³-hybridized carbons (Fsp3) is 0.562. The molecule has 0 aliphatic carbocycles. The van der Waals surface area contributed by atoms with Crippen LogP contribution in [-0.4, -0.2) is 31.7 Å². The molecule has 1 unspecified atom stereocenters. The van der Waals surface area contributed by atoms with Crippen molar-refractivity contribution in [3.63, 3.8) is 0 Å². The van der Waals surface area contributed by atoms with Gasteiger partial charge in [0.05, 0.1) is 19.3 Å². The van der Waals surface area contributed by atoms with Crippen LogP contribution in [0.2, 0.25) is 0 Å². The number of carbonyl (C=O) groups is 1. The van der Waals surface area contributed by atoms with Crippen LogP contribution in [0.4, 0.5) is 0 Å². The van der Waals surface area contributed by atoms with E-state index < -0.39 is 0 Å². The van der Waals surface area contributed by atoms with Crippen LogP contribution in [0.1, 0.15) is 43.5 Å². The van der Waals surface area contributed by atoms with E-state index in [0.717, 1.165) is 23.9 Å². The highest BCUT2D eigenvalue weighted by Crippen LogP contribution is 2.35. The lowest BCUT2D eigenvalue weighted by Crippen LogP contribution is -2.13. The van der Waals surface area contributed by atoms with Gasteiger partial charge in [-0.1, -0.05) is 0 Å². The average Bonchev–Trinajstić information content (AvgIpc) is 2.95. The first-order valence-corrected chi connectivity index (χ1v) is 8.19. The van der Waals surface area contributed by atoms with Crippen LogP contribution in [-0.2, 0) is 4.74 Å². The lowest BCUT2D eigenvalue weighted by molar-refractivity contribution is 0.0774. The minimum Gasteiger partial charge on any atom is -0.490 e. The Morgan fingerprint density at radius 3 is 2.52 bits per heavy atom. The van der Waals surface area contributed by atoms with E-state index in [0.29, 0.717) is 36.7 Å². The normalized spacial score (nSPS) is 17.8. The number of hydrogen-bond acceptors (Lipinski definition) is 4. The molecule has 1 fully saturated rings. The van der Waals surface area contributed by atoms with Gasteiger partial charge >= 0.3 is 0 Å². The monoisotopic (exact) mass is 356 g/mol. The predicted octanol–water partition coefficient (Wildman–Crippen LogP) is 4.00. The van der Waals surface area contributed by atoms with Crippen molar-refractivity contribution >= 4 is 21.7 Å². The van der Waals surface area contributed by atoms with E-state index in [-0.39, 0.29) is 11.9 Å². The van der Waals surface area contributed by atoms with Crippen LogP contribution in [0.3, 0.4) is 0 Å². The number of rotatable bonds is 7. The van der Waals surface area contributed by atoms with E-state index >= 15 is 0 Å². The Hall–Kier alpha value is -1.07. The fourth-order valence-electron chi connectivity index (χ4n) is 2.41. The summed E-state index contributed by atoms with van der Waals surface area (Å²) in [5, 5.41) is 0. The molecular weight excluding hydrogens is 336 g/mol. The molecule has 0 N–H and O–H groups in total. The molecule has 0 saturated carbocycles. The van der Waals surface area contributed by atoms with Crippen molar-refractivity contribution in [2.75, 3.05) is 19.8 Å². The van der Waals surface area contributed by atoms with Crippen molar-refractivity contribution in [1.82, 2.24) is 0 Å². The molecule has 0 amide bonds. The smallest absolute Gasteiger partial charge is 0.166 e. The van der Waals surface area contributed by atoms with Gasteiger partial charge in [-0.05, 0) is 54.8 Å². The number of hydrogen-bond donors (Lipinski definition) is 0. The largest absolute Gasteiger partial charge is 0.490 e. The van der Waals surface area contributed by atoms with Gasteiger partial charge in [0, 0.05) is 23.1 Å². The van der Waals surface area contributed by atoms with Crippen LogP contribution < -0.4 is 9.47 Å². The van der Waals surface area contributed by atoms with Crippen molar-refractivity contribution in [1.29, 1.82) is 0 Å². The standard InChI is InChI=1S/C16H21BrO4/c1-3-19-15-9-12(13(17)10-16(15)20-4-2)14(18)8-11-6-5-7-21-11/h9-11H,3-8H2,1-2H3. The highest BCUT2D eigenvalue weighted by atomic mass is 79.9. The number of carbonyl (C=O) groups excluding carboxylic acids is 1. The molecule has 1 aliphatic rings. The quantitative estimate of drug-likeness (QED) is 0.692. The van der Waals surface area contributed by atoms with Gasteiger partial charge in [0.25, 0.3) is 0 Å². The van der Waals surface area contributed by atoms with Crippen molar-refractivity contribution in [3.8, 4) is 11.5 Å². The summed E-state index contributed by atoms with van der Waals surface area (Å²) in [5.41, 5.74) is 0.623. The Bertz CT molecular complexity index is 495. The minimum atomic E-state index is 0.0477. The molecule has 1 heterocycles. The van der Waals surface area contributed by atoms with Crippen LogP contribution in [0, 0.1) is 0 Å². The molecule has 1 aliphatic heterocycles. The summed E-state index contributed by atoms with van der Waals surface area (Å²) in [5.74, 6) is 1.33. The Morgan fingerprint density at radius 1 is 1.29 bits per heavy atom. The molecule has 5 heteroatoms. The lowest BCUT2D eigenvalue weighted by atomic mass is 10.0. The molecule has 0 bridgehead atoms. The first-order valence-electron chi connectivity index (χ1n) is 7.39. The summed E-state index contributed by atoms with van der Waals surface area (Å²) in [6.45, 7) is 5.66. The molecule has 0 spiro atoms. The molecule has 4 nitrogen and oxygen atoms in total. The summed E-state index contributed by atoms with van der Waals surface area (Å²) in [6, 6.07) is 3.56. The van der Waals surface area contributed by atoms with E-state index in [2.05, 4.69) is 15.9 Å². The van der Waals surface area contributed by atoms with Gasteiger partial charge in [0.1, 0.15) is 0 Å². The maximum absolute atomic E-state index is 12.4. The Labute approximate surface area is 133 Å². The highest BCUT2D eigenvalue weighted by molar-refractivity contribution is 9.10. The van der Waals surface area contributed by atoms with Gasteiger partial charge < -0.3 is 14.2 Å². The van der Waals surface area contributed by atoms with Crippen molar-refractivity contribution in [3.05, 3.63) is 22.2 Å². The molecule has 116 valence electrons. The average molecular weight is 357 g/mol. The number of benzene rings is 1. The highest BCUT2D eigenvalue weighted by Gasteiger charge is 2.22. The second-order valence-electron chi connectivity index (χ2n) is 4.91. The fourth-order valence-corrected chi connectivity index (χ4v) is 2.95. The molecule has 1 saturated heterocycles. The van der Waals surface area contributed by atoms with Gasteiger partial charge in [0.2, 0.25) is 0 Å². The SMILES string of the molecule is CCOc1cc(Br)c(C(=O)CC2CCCO2)cc1OCC. The third-order valence-corrected chi connectivity index (χ3v) is 4.03. The molecule has 1 aromatic rings. The van der Waals surface area contributed by atoms with Gasteiger partial charge in [0.15, 0.2) is 17.3 Å². The Kier molecular flexibility index (Phi) is 6.06. The molecule has 1 aromatic carbocycles. The Morgan fingerprint density at radius 2 is 1.95 bits per heavy atom. The van der Waals surface area contributed by atoms with Crippen molar-refractivity contribution in [2.45, 2.75) is 39.2 Å². The zero-order valence-corrected chi connectivity index (χ0v) is 14.1. The van der Waals surface area contributed by atoms with E-state index in [4.69, 9.17) is 14.2 Å². The van der Waals surface area contributed by atoms with Crippen LogP contribution in [0.25, 0.3) is 0 Å². The summed E-state index contributed by atoms with van der Waals surface area (Å²) in [4.78, 5) is 12.4. The van der Waals surface area contributed by atoms with E-state index in [1.807, 2.05) is 13.8 Å². The second-order valence-corrected chi connectivity index (χ2v) is 5.76. The minimum absolute atomic E-state index is 0.0477. The van der Waals surface area contributed by atoms with Gasteiger partial charge in [-0.2, -0.15) is 0 Å². The topological polar surface area (TPSA) is 44.8 Å². The number of ketones is 1. The van der Waals surface area contributed by atoms with Crippen LogP contribution >= 0.6 is 15.9 Å². The van der Waals surface area contributed by atoms with E-state index in [1.54, 1.807) is 12.1 Å². The lowest BCUT2D eigenvalue weighted by Gasteiger charge is -2.15. The third kappa shape index (κ3) is 4.20. The van der Waals surface area contributed by atoms with E-state index in [9.17, 15) is 4.79 Å². The maximum atomic E-state index is 12.4. The zero-order valence-electron chi connectivity index (χ0n) is 12.5. The number of Topliss-reactive ketones (excluding diaryl/α,β-unsaturated/α-hetero) is 1. The van der Waals surface area contributed by atoms with Crippen LogP contribution in [0.5, 0.6) is 11.5 Å². The molecule has 1 atom stereocenters. The molecule has 21 heavy (non-hydrogen) atoms. The molecular formula is C16H21BrO4. The first kappa shape index (κ1) is 16.3. The van der Waals surface area contributed by atoms with Crippen molar-refractivity contribution < 1.29 is 19.0 Å². The third-order valence-electron chi connectivity index (χ3n) is 3.37. The van der Waals surface area contributed by atoms with Gasteiger partial charge in [-0.3, -0.25) is 4.79 Å². The second kappa shape index (κ2) is 7.80. The summed E-state index contributed by atoms with van der Waals surface area (Å²) < 4.78 is 17.4. The molecule has 0 radical (unpaired) electrons. The zero-order chi connectivity index (χ0) is 15.2. The van der Waals surface area contributed by atoms with Crippen molar-refractivity contribution in [2.24, 2.45) is 0 Å². The molecule has 0 aromatic heterocycles. The number of halogens is 1. The van der Waals surface area contributed by atoms with Crippen LogP contribution in [0.15, 0.2) is 16.6 Å². The van der Waals surface area contributed by atoms with E-state index in [1.165, 1.54) is 0 Å². The Balaban J connectivity index is 2.20. The summed E-state index contributed by atoms with van der Waals surface area (Å²) in [6.07, 6.45) is 2.45. The number of ether oxygens (including phenoxy) is 3. The predicted molar refractivity (Wildman–Crippen MR) is 84.4 cm³/mol.